The van der Waals surface area contributed by atoms with Crippen LogP contribution < -0.4 is 10.2 Å². The first kappa shape index (κ1) is 22.6. The molecule has 1 aromatic carbocycles. The highest BCUT2D eigenvalue weighted by atomic mass is 32.2. The smallest absolute Gasteiger partial charge is 0.227 e. The maximum Gasteiger partial charge on any atom is 0.227 e. The third-order valence-electron chi connectivity index (χ3n) is 7.47. The van der Waals surface area contributed by atoms with Gasteiger partial charge in [-0.25, -0.2) is 8.42 Å². The second kappa shape index (κ2) is 9.46. The molecule has 4 rings (SSSR count). The van der Waals surface area contributed by atoms with Crippen LogP contribution >= 0.6 is 0 Å². The number of hydrogen-bond acceptors (Lipinski definition) is 5. The van der Waals surface area contributed by atoms with Gasteiger partial charge in [-0.15, -0.1) is 0 Å². The second-order valence-electron chi connectivity index (χ2n) is 9.11. The molecular formula is C23H36N4O3S. The molecule has 2 atom stereocenters. The number of hydrogen-bond donors (Lipinski definition) is 1. The van der Waals surface area contributed by atoms with Crippen molar-refractivity contribution < 1.29 is 13.2 Å². The van der Waals surface area contributed by atoms with Gasteiger partial charge in [-0.1, -0.05) is 38.0 Å². The Balaban J connectivity index is 1.30. The summed E-state index contributed by atoms with van der Waals surface area (Å²) in [6.45, 7) is 7.76. The summed E-state index contributed by atoms with van der Waals surface area (Å²) in [4.78, 5) is 18.2. The van der Waals surface area contributed by atoms with Gasteiger partial charge in [-0.3, -0.25) is 9.69 Å². The Morgan fingerprint density at radius 3 is 2.55 bits per heavy atom. The van der Waals surface area contributed by atoms with E-state index in [9.17, 15) is 13.2 Å². The first-order chi connectivity index (χ1) is 15.0. The minimum atomic E-state index is -3.24. The van der Waals surface area contributed by atoms with E-state index in [0.29, 0.717) is 19.5 Å². The minimum absolute atomic E-state index is 0.0634. The topological polar surface area (TPSA) is 73.0 Å². The molecule has 1 aliphatic carbocycles. The fraction of sp³-hybridized carbons (Fsp3) is 0.696. The molecule has 1 amide bonds. The number of sulfonamides is 1. The van der Waals surface area contributed by atoms with Crippen molar-refractivity contribution in [2.24, 2.45) is 5.41 Å². The van der Waals surface area contributed by atoms with Crippen molar-refractivity contribution in [3.05, 3.63) is 30.3 Å². The zero-order valence-corrected chi connectivity index (χ0v) is 19.4. The van der Waals surface area contributed by atoms with Gasteiger partial charge in [0.05, 0.1) is 11.2 Å². The third-order valence-corrected chi connectivity index (χ3v) is 9.42. The van der Waals surface area contributed by atoms with Gasteiger partial charge in [-0.05, 0) is 31.4 Å². The number of carbonyl (C=O) groups excluding carboxylic acids is 1. The van der Waals surface area contributed by atoms with Crippen LogP contribution in [0.2, 0.25) is 0 Å². The lowest BCUT2D eigenvalue weighted by atomic mass is 9.67. The van der Waals surface area contributed by atoms with Crippen LogP contribution in [0.25, 0.3) is 0 Å². The maximum absolute atomic E-state index is 13.3. The predicted molar refractivity (Wildman–Crippen MR) is 124 cm³/mol. The number of nitrogens with one attached hydrogen (secondary N) is 1. The van der Waals surface area contributed by atoms with Crippen LogP contribution in [0.3, 0.4) is 0 Å². The summed E-state index contributed by atoms with van der Waals surface area (Å²) in [5, 5.41) is 3.19. The van der Waals surface area contributed by atoms with Crippen LogP contribution in [-0.2, 0) is 14.8 Å². The molecule has 0 aromatic heterocycles. The Bertz CT molecular complexity index is 855. The zero-order chi connectivity index (χ0) is 21.9. The van der Waals surface area contributed by atoms with E-state index in [0.717, 1.165) is 58.4 Å². The molecule has 3 aliphatic rings. The number of piperazine rings is 1. The molecule has 1 saturated carbocycles. The summed E-state index contributed by atoms with van der Waals surface area (Å²) >= 11 is 0. The van der Waals surface area contributed by atoms with Gasteiger partial charge in [-0.2, -0.15) is 4.31 Å². The van der Waals surface area contributed by atoms with Crippen LogP contribution in [0.1, 0.15) is 39.0 Å². The van der Waals surface area contributed by atoms with Crippen LogP contribution in [0.15, 0.2) is 30.3 Å². The molecule has 8 heteroatoms. The average molecular weight is 449 g/mol. The Kier molecular flexibility index (Phi) is 6.89. The fourth-order valence-electron chi connectivity index (χ4n) is 5.72. The number of para-hydroxylation sites is 1. The summed E-state index contributed by atoms with van der Waals surface area (Å²) < 4.78 is 26.7. The highest BCUT2D eigenvalue weighted by Gasteiger charge is 2.54. The lowest BCUT2D eigenvalue weighted by Gasteiger charge is -2.50. The van der Waals surface area contributed by atoms with Crippen molar-refractivity contribution in [1.29, 1.82) is 0 Å². The number of amides is 1. The fourth-order valence-corrected chi connectivity index (χ4v) is 7.67. The second-order valence-corrected chi connectivity index (χ2v) is 11.1. The van der Waals surface area contributed by atoms with Crippen molar-refractivity contribution in [2.75, 3.05) is 56.5 Å². The van der Waals surface area contributed by atoms with E-state index in [1.165, 1.54) is 5.69 Å². The summed E-state index contributed by atoms with van der Waals surface area (Å²) in [6.07, 6.45) is 4.05. The van der Waals surface area contributed by atoms with Crippen LogP contribution in [0.5, 0.6) is 0 Å². The van der Waals surface area contributed by atoms with Crippen molar-refractivity contribution in [3.8, 4) is 0 Å². The van der Waals surface area contributed by atoms with Crippen LogP contribution in [0.4, 0.5) is 5.69 Å². The number of rotatable bonds is 6. The molecular weight excluding hydrogens is 412 g/mol. The Hall–Kier alpha value is -1.64. The van der Waals surface area contributed by atoms with Crippen molar-refractivity contribution in [3.63, 3.8) is 0 Å². The number of anilines is 1. The zero-order valence-electron chi connectivity index (χ0n) is 18.6. The summed E-state index contributed by atoms with van der Waals surface area (Å²) in [6, 6.07) is 10.3. The number of fused-ring (bicyclic) bond motifs is 1. The summed E-state index contributed by atoms with van der Waals surface area (Å²) in [7, 11) is -3.24. The van der Waals surface area contributed by atoms with Crippen molar-refractivity contribution in [1.82, 2.24) is 14.5 Å². The molecule has 0 unspecified atom stereocenters. The summed E-state index contributed by atoms with van der Waals surface area (Å²) in [5.74, 6) is 0.153. The molecule has 3 fully saturated rings. The monoisotopic (exact) mass is 448 g/mol. The molecule has 2 saturated heterocycles. The lowest BCUT2D eigenvalue weighted by molar-refractivity contribution is -0.137. The Labute approximate surface area is 186 Å². The minimum Gasteiger partial charge on any atom is -0.369 e. The molecule has 2 heterocycles. The number of carbonyl (C=O) groups is 1. The number of nitrogens with zero attached hydrogens (tertiary/aromatic N) is 3. The van der Waals surface area contributed by atoms with Gasteiger partial charge in [0.15, 0.2) is 0 Å². The van der Waals surface area contributed by atoms with E-state index in [-0.39, 0.29) is 17.7 Å². The lowest BCUT2D eigenvalue weighted by Crippen LogP contribution is -2.63. The number of benzene rings is 1. The molecule has 1 aromatic rings. The average Bonchev–Trinajstić information content (AvgIpc) is 2.79. The maximum atomic E-state index is 13.3. The molecule has 0 radical (unpaired) electrons. The highest BCUT2D eigenvalue weighted by molar-refractivity contribution is 7.89. The largest absolute Gasteiger partial charge is 0.369 e. The van der Waals surface area contributed by atoms with Crippen molar-refractivity contribution >= 4 is 21.6 Å². The van der Waals surface area contributed by atoms with Crippen LogP contribution in [0, 0.1) is 5.41 Å². The molecule has 31 heavy (non-hydrogen) atoms. The van der Waals surface area contributed by atoms with Gasteiger partial charge >= 0.3 is 0 Å². The van der Waals surface area contributed by atoms with E-state index in [1.807, 2.05) is 13.0 Å². The quantitative estimate of drug-likeness (QED) is 0.720. The third kappa shape index (κ3) is 4.61. The SMILES string of the molecule is CCN1[C@@H]2CCCC[C@@]2(C(=O)NCCN2CCN(c3ccccc3)CC2)CCS1(=O)=O. The van der Waals surface area contributed by atoms with E-state index in [1.54, 1.807) is 4.31 Å². The molecule has 7 nitrogen and oxygen atoms in total. The first-order valence-corrected chi connectivity index (χ1v) is 13.4. The molecule has 0 spiro atoms. The summed E-state index contributed by atoms with van der Waals surface area (Å²) in [5.41, 5.74) is 0.719. The van der Waals surface area contributed by atoms with Gasteiger partial charge in [0.2, 0.25) is 15.9 Å². The Morgan fingerprint density at radius 1 is 1.10 bits per heavy atom. The Morgan fingerprint density at radius 2 is 1.84 bits per heavy atom. The van der Waals surface area contributed by atoms with Crippen molar-refractivity contribution in [2.45, 2.75) is 45.1 Å². The van der Waals surface area contributed by atoms with E-state index in [4.69, 9.17) is 0 Å². The molecule has 172 valence electrons. The first-order valence-electron chi connectivity index (χ1n) is 11.8. The van der Waals surface area contributed by atoms with E-state index in [2.05, 4.69) is 39.4 Å². The van der Waals surface area contributed by atoms with Gasteiger partial charge in [0.25, 0.3) is 0 Å². The molecule has 2 aliphatic heterocycles. The standard InChI is InChI=1S/C23H36N4O3S/c1-2-27-21-10-6-7-11-23(21,12-19-31(27,29)30)22(28)24-13-14-25-15-17-26(18-16-25)20-8-4-3-5-9-20/h3-5,8-9,21H,2,6-7,10-19H2,1H3,(H,24,28)/t21-,23-/m1/s1. The van der Waals surface area contributed by atoms with E-state index < -0.39 is 15.4 Å². The van der Waals surface area contributed by atoms with Gasteiger partial charge < -0.3 is 10.2 Å². The molecule has 0 bridgehead atoms. The normalized spacial score (nSPS) is 29.3. The van der Waals surface area contributed by atoms with Gasteiger partial charge in [0.1, 0.15) is 0 Å². The highest BCUT2D eigenvalue weighted by Crippen LogP contribution is 2.46. The predicted octanol–water partition coefficient (Wildman–Crippen LogP) is 1.91. The van der Waals surface area contributed by atoms with E-state index >= 15 is 0 Å². The van der Waals surface area contributed by atoms with Gasteiger partial charge in [0, 0.05) is 57.5 Å². The molecule has 1 N–H and O–H groups in total. The van der Waals surface area contributed by atoms with Crippen LogP contribution in [-0.4, -0.2) is 81.1 Å².